The predicted octanol–water partition coefficient (Wildman–Crippen LogP) is 2.01. The van der Waals surface area contributed by atoms with Crippen LogP contribution in [-0.4, -0.2) is 44.0 Å². The Hall–Kier alpha value is -2.82. The minimum absolute atomic E-state index is 0.0397. The quantitative estimate of drug-likeness (QED) is 0.587. The third kappa shape index (κ3) is 2.98. The summed E-state index contributed by atoms with van der Waals surface area (Å²) in [5.41, 5.74) is -1.09. The number of aromatic hydroxyl groups is 1. The summed E-state index contributed by atoms with van der Waals surface area (Å²) in [6.45, 7) is 3.92. The number of fused-ring (bicyclic) bond motifs is 8. The lowest BCUT2D eigenvalue weighted by atomic mass is 10.00. The first-order valence-corrected chi connectivity index (χ1v) is 11.5. The van der Waals surface area contributed by atoms with Crippen molar-refractivity contribution in [2.24, 2.45) is 17.8 Å². The van der Waals surface area contributed by atoms with Gasteiger partial charge in [-0.05, 0) is 37.2 Å². The number of hydrogen-bond donors (Lipinski definition) is 3. The van der Waals surface area contributed by atoms with Gasteiger partial charge in [0.1, 0.15) is 17.9 Å². The number of nitrogens with zero attached hydrogens (tertiary/aromatic N) is 2. The Bertz CT molecular complexity index is 1270. The maximum Gasteiger partial charge on any atom is 0.276 e. The number of nitrogens with one attached hydrogen (secondary N) is 1. The topological polar surface area (TPSA) is 104 Å². The highest BCUT2D eigenvalue weighted by Gasteiger charge is 2.67. The molecule has 0 radical (unpaired) electrons. The average Bonchev–Trinajstić information content (AvgIpc) is 3.35. The Morgan fingerprint density at radius 1 is 1.21 bits per heavy atom. The fraction of sp³-hybridized carbons (Fsp3) is 0.500. The van der Waals surface area contributed by atoms with Crippen molar-refractivity contribution in [2.75, 3.05) is 0 Å². The molecular formula is C24H25F2N3O5. The average molecular weight is 473 g/mol. The van der Waals surface area contributed by atoms with Crippen molar-refractivity contribution < 1.29 is 28.5 Å². The van der Waals surface area contributed by atoms with Gasteiger partial charge in [-0.1, -0.05) is 13.0 Å². The van der Waals surface area contributed by atoms with Crippen molar-refractivity contribution >= 4 is 5.91 Å². The van der Waals surface area contributed by atoms with Gasteiger partial charge in [-0.2, -0.15) is 0 Å². The van der Waals surface area contributed by atoms with Crippen molar-refractivity contribution in [3.8, 4) is 5.75 Å². The van der Waals surface area contributed by atoms with Crippen LogP contribution in [0, 0.1) is 29.4 Å². The standard InChI is InChI=1S/C24H25F2N3O5/c1-9-18-15-6-16(19(9)18)34-17-8-28-7-13(21(30)22(31)20(28)24(33)29(15)17)23(32)27-10(2)12-4-3-11(25)5-14(12)26/h3-5,7,9-10,15-19,23,27,31-32H,6,8H2,1-2H3/t9-,10-,15?,16+,17-,18-,19+,23?/m1/s1. The molecule has 3 heterocycles. The first kappa shape index (κ1) is 21.7. The number of rotatable bonds is 4. The lowest BCUT2D eigenvalue weighted by Crippen LogP contribution is -2.58. The van der Waals surface area contributed by atoms with E-state index in [4.69, 9.17) is 4.74 Å². The Balaban J connectivity index is 1.30. The number of benzene rings is 1. The number of carbonyl (C=O) groups is 1. The molecule has 4 aliphatic rings. The van der Waals surface area contributed by atoms with Crippen molar-refractivity contribution in [1.29, 1.82) is 0 Å². The Kier molecular flexibility index (Phi) is 4.68. The van der Waals surface area contributed by atoms with Crippen molar-refractivity contribution in [1.82, 2.24) is 14.8 Å². The minimum Gasteiger partial charge on any atom is -0.503 e. The summed E-state index contributed by atoms with van der Waals surface area (Å²) in [6, 6.07) is 2.35. The number of pyridine rings is 1. The highest BCUT2D eigenvalue weighted by Crippen LogP contribution is 2.62. The Labute approximate surface area is 193 Å². The summed E-state index contributed by atoms with van der Waals surface area (Å²) in [5.74, 6) is -1.39. The minimum atomic E-state index is -1.57. The molecule has 1 amide bonds. The van der Waals surface area contributed by atoms with Gasteiger partial charge in [0.25, 0.3) is 5.91 Å². The second-order valence-corrected chi connectivity index (χ2v) is 9.88. The van der Waals surface area contributed by atoms with E-state index in [9.17, 15) is 28.6 Å². The van der Waals surface area contributed by atoms with E-state index < -0.39 is 47.2 Å². The van der Waals surface area contributed by atoms with Gasteiger partial charge in [0.2, 0.25) is 5.43 Å². The van der Waals surface area contributed by atoms with Gasteiger partial charge >= 0.3 is 0 Å². The zero-order chi connectivity index (χ0) is 24.0. The molecule has 10 heteroatoms. The zero-order valence-corrected chi connectivity index (χ0v) is 18.6. The Morgan fingerprint density at radius 2 is 1.97 bits per heavy atom. The lowest BCUT2D eigenvalue weighted by molar-refractivity contribution is -0.147. The van der Waals surface area contributed by atoms with Gasteiger partial charge in [0.05, 0.1) is 18.2 Å². The zero-order valence-electron chi connectivity index (χ0n) is 18.6. The van der Waals surface area contributed by atoms with Crippen LogP contribution >= 0.6 is 0 Å². The molecule has 2 saturated carbocycles. The molecule has 3 N–H and O–H groups in total. The number of halogens is 2. The predicted molar refractivity (Wildman–Crippen MR) is 115 cm³/mol. The van der Waals surface area contributed by atoms with E-state index in [-0.39, 0.29) is 35.5 Å². The maximum atomic E-state index is 14.1. The highest BCUT2D eigenvalue weighted by atomic mass is 19.1. The summed E-state index contributed by atoms with van der Waals surface area (Å²) in [5, 5.41) is 24.1. The third-order valence-electron chi connectivity index (χ3n) is 8.07. The van der Waals surface area contributed by atoms with Crippen LogP contribution in [0.3, 0.4) is 0 Å². The number of aliphatic hydroxyl groups excluding tert-OH is 1. The van der Waals surface area contributed by atoms with E-state index in [0.29, 0.717) is 17.8 Å². The van der Waals surface area contributed by atoms with Gasteiger partial charge in [-0.25, -0.2) is 8.78 Å². The lowest BCUT2D eigenvalue weighted by Gasteiger charge is -2.46. The van der Waals surface area contributed by atoms with E-state index in [1.54, 1.807) is 11.8 Å². The molecular weight excluding hydrogens is 448 g/mol. The summed E-state index contributed by atoms with van der Waals surface area (Å²) >= 11 is 0. The van der Waals surface area contributed by atoms with Crippen LogP contribution in [-0.2, 0) is 11.3 Å². The van der Waals surface area contributed by atoms with E-state index >= 15 is 0 Å². The number of ether oxygens (including phenoxy) is 1. The van der Waals surface area contributed by atoms with Crippen LogP contribution in [0.15, 0.2) is 29.2 Å². The first-order chi connectivity index (χ1) is 16.2. The van der Waals surface area contributed by atoms with Gasteiger partial charge in [-0.15, -0.1) is 0 Å². The number of hydrogen-bond acceptors (Lipinski definition) is 6. The van der Waals surface area contributed by atoms with Crippen LogP contribution in [0.2, 0.25) is 0 Å². The highest BCUT2D eigenvalue weighted by molar-refractivity contribution is 5.96. The molecule has 2 aliphatic carbocycles. The fourth-order valence-corrected chi connectivity index (χ4v) is 6.40. The molecule has 1 saturated heterocycles. The molecule has 2 aliphatic heterocycles. The maximum absolute atomic E-state index is 14.1. The first-order valence-electron chi connectivity index (χ1n) is 11.5. The molecule has 8 atom stereocenters. The third-order valence-corrected chi connectivity index (χ3v) is 8.07. The molecule has 2 aromatic rings. The molecule has 1 aromatic heterocycles. The summed E-state index contributed by atoms with van der Waals surface area (Å²) in [7, 11) is 0. The Morgan fingerprint density at radius 3 is 2.71 bits per heavy atom. The molecule has 3 fully saturated rings. The van der Waals surface area contributed by atoms with Crippen LogP contribution in [0.1, 0.15) is 54.2 Å². The number of aromatic nitrogens is 1. The molecule has 34 heavy (non-hydrogen) atoms. The normalized spacial score (nSPS) is 32.6. The monoisotopic (exact) mass is 473 g/mol. The van der Waals surface area contributed by atoms with Crippen LogP contribution in [0.25, 0.3) is 0 Å². The van der Waals surface area contributed by atoms with E-state index in [1.165, 1.54) is 16.8 Å². The molecule has 0 spiro atoms. The van der Waals surface area contributed by atoms with Crippen molar-refractivity contribution in [3.63, 3.8) is 0 Å². The second-order valence-electron chi connectivity index (χ2n) is 9.88. The summed E-state index contributed by atoms with van der Waals surface area (Å²) in [6.07, 6.45) is 0.135. The number of amides is 1. The van der Waals surface area contributed by atoms with Gasteiger partial charge in [0.15, 0.2) is 17.7 Å². The smallest absolute Gasteiger partial charge is 0.276 e. The van der Waals surface area contributed by atoms with E-state index in [0.717, 1.165) is 18.6 Å². The molecule has 8 nitrogen and oxygen atoms in total. The molecule has 2 unspecified atom stereocenters. The van der Waals surface area contributed by atoms with Crippen LogP contribution < -0.4 is 10.7 Å². The van der Waals surface area contributed by atoms with Crippen molar-refractivity contribution in [3.05, 3.63) is 63.1 Å². The van der Waals surface area contributed by atoms with Crippen LogP contribution in [0.4, 0.5) is 8.78 Å². The molecule has 6 rings (SSSR count). The summed E-state index contributed by atoms with van der Waals surface area (Å²) in [4.78, 5) is 28.0. The van der Waals surface area contributed by atoms with E-state index in [2.05, 4.69) is 12.2 Å². The number of aliphatic hydroxyl groups is 1. The fourth-order valence-electron chi connectivity index (χ4n) is 6.40. The summed E-state index contributed by atoms with van der Waals surface area (Å²) < 4.78 is 35.0. The largest absolute Gasteiger partial charge is 0.503 e. The molecule has 1 aromatic carbocycles. The van der Waals surface area contributed by atoms with Gasteiger partial charge < -0.3 is 24.4 Å². The second kappa shape index (κ2) is 7.34. The molecule has 180 valence electrons. The SMILES string of the molecule is C[C@@H]1[C@@H]2C3C[C@H](O[C@@H]4Cn5cc(C(O)N[C@H](C)c6ccc(F)cc6F)c(=O)c(O)c5C(=O)N34)[C@H]12. The van der Waals surface area contributed by atoms with E-state index in [1.807, 2.05) is 0 Å². The van der Waals surface area contributed by atoms with Gasteiger partial charge in [0, 0.05) is 29.9 Å². The molecule has 2 bridgehead atoms. The number of carbonyl (C=O) groups excluding carboxylic acids is 1. The van der Waals surface area contributed by atoms with Crippen LogP contribution in [0.5, 0.6) is 5.75 Å². The van der Waals surface area contributed by atoms with Crippen molar-refractivity contribution in [2.45, 2.75) is 57.5 Å². The van der Waals surface area contributed by atoms with Gasteiger partial charge in [-0.3, -0.25) is 14.9 Å².